The Balaban J connectivity index is 1.44. The second kappa shape index (κ2) is 8.88. The number of benzene rings is 4. The maximum Gasteiger partial charge on any atom is 0.264 e. The van der Waals surface area contributed by atoms with Gasteiger partial charge >= 0.3 is 0 Å². The average Bonchev–Trinajstić information content (AvgIpc) is 3.21. The largest absolute Gasteiger partial charge is 0.456 e. The normalized spacial score (nSPS) is 11.6. The van der Waals surface area contributed by atoms with Gasteiger partial charge in [0.25, 0.3) is 10.0 Å². The van der Waals surface area contributed by atoms with Crippen molar-refractivity contribution in [3.8, 4) is 0 Å². The Kier molecular flexibility index (Phi) is 5.74. The van der Waals surface area contributed by atoms with Crippen LogP contribution in [0.2, 0.25) is 0 Å². The van der Waals surface area contributed by atoms with Gasteiger partial charge in [0.2, 0.25) is 5.91 Å². The first kappa shape index (κ1) is 22.6. The summed E-state index contributed by atoms with van der Waals surface area (Å²) in [5.74, 6) is -1.09. The van der Waals surface area contributed by atoms with Crippen molar-refractivity contribution in [2.45, 2.75) is 11.8 Å². The Morgan fingerprint density at radius 2 is 1.57 bits per heavy atom. The minimum absolute atomic E-state index is 0.115. The Labute approximate surface area is 201 Å². The van der Waals surface area contributed by atoms with Crippen molar-refractivity contribution in [1.29, 1.82) is 0 Å². The number of carbonyl (C=O) groups excluding carboxylic acids is 1. The zero-order valence-electron chi connectivity index (χ0n) is 18.7. The number of fused-ring (bicyclic) bond motifs is 3. The van der Waals surface area contributed by atoms with Crippen LogP contribution in [0.3, 0.4) is 0 Å². The van der Waals surface area contributed by atoms with Crippen LogP contribution >= 0.6 is 0 Å². The number of rotatable bonds is 6. The second-order valence-electron chi connectivity index (χ2n) is 8.16. The van der Waals surface area contributed by atoms with Gasteiger partial charge in [-0.05, 0) is 61.5 Å². The number of amides is 1. The molecule has 5 aromatic rings. The highest BCUT2D eigenvalue weighted by molar-refractivity contribution is 7.92. The van der Waals surface area contributed by atoms with Crippen LogP contribution in [-0.4, -0.2) is 20.9 Å². The van der Waals surface area contributed by atoms with Crippen molar-refractivity contribution in [3.05, 3.63) is 102 Å². The van der Waals surface area contributed by atoms with E-state index in [2.05, 4.69) is 5.32 Å². The highest BCUT2D eigenvalue weighted by Gasteiger charge is 2.27. The van der Waals surface area contributed by atoms with Gasteiger partial charge in [-0.1, -0.05) is 35.9 Å². The number of carbonyl (C=O) groups is 1. The molecule has 0 saturated carbocycles. The summed E-state index contributed by atoms with van der Waals surface area (Å²) in [5, 5.41) is 4.64. The van der Waals surface area contributed by atoms with Crippen LogP contribution in [0, 0.1) is 12.7 Å². The van der Waals surface area contributed by atoms with E-state index in [0.29, 0.717) is 17.0 Å². The molecule has 4 aromatic carbocycles. The van der Waals surface area contributed by atoms with E-state index < -0.39 is 28.3 Å². The Bertz CT molecular complexity index is 1640. The van der Waals surface area contributed by atoms with E-state index in [9.17, 15) is 17.6 Å². The van der Waals surface area contributed by atoms with E-state index in [4.69, 9.17) is 4.42 Å². The molecule has 0 radical (unpaired) electrons. The van der Waals surface area contributed by atoms with Crippen molar-refractivity contribution in [3.63, 3.8) is 0 Å². The number of nitrogens with zero attached hydrogens (tertiary/aromatic N) is 1. The standard InChI is InChI=1S/C27H21FN2O4S/c1-18-6-11-21(12-7-18)30(35(32,33)22-13-8-19(28)9-14-22)17-27(31)29-20-10-15-24-23-4-2-3-5-25(23)34-26(24)16-20/h2-16H,17H2,1H3,(H,29,31). The van der Waals surface area contributed by atoms with Crippen LogP contribution in [0.1, 0.15) is 5.56 Å². The predicted molar refractivity (Wildman–Crippen MR) is 134 cm³/mol. The lowest BCUT2D eigenvalue weighted by molar-refractivity contribution is -0.114. The highest BCUT2D eigenvalue weighted by Crippen LogP contribution is 2.30. The smallest absolute Gasteiger partial charge is 0.264 e. The summed E-state index contributed by atoms with van der Waals surface area (Å²) in [6, 6.07) is 24.2. The number of aryl methyl sites for hydroxylation is 1. The molecule has 1 amide bonds. The molecule has 0 spiro atoms. The monoisotopic (exact) mass is 488 g/mol. The summed E-state index contributed by atoms with van der Waals surface area (Å²) < 4.78 is 47.1. The molecule has 0 aliphatic carbocycles. The van der Waals surface area contributed by atoms with Gasteiger partial charge in [-0.2, -0.15) is 0 Å². The van der Waals surface area contributed by atoms with Crippen molar-refractivity contribution in [2.75, 3.05) is 16.2 Å². The molecule has 0 aliphatic heterocycles. The molecule has 5 rings (SSSR count). The molecule has 35 heavy (non-hydrogen) atoms. The fourth-order valence-electron chi connectivity index (χ4n) is 3.89. The summed E-state index contributed by atoms with van der Waals surface area (Å²) in [4.78, 5) is 12.9. The summed E-state index contributed by atoms with van der Waals surface area (Å²) in [6.07, 6.45) is 0. The first-order chi connectivity index (χ1) is 16.8. The molecule has 0 bridgehead atoms. The van der Waals surface area contributed by atoms with Crippen molar-refractivity contribution in [1.82, 2.24) is 0 Å². The summed E-state index contributed by atoms with van der Waals surface area (Å²) in [5.41, 5.74) is 3.09. The Morgan fingerprint density at radius 1 is 0.886 bits per heavy atom. The molecule has 0 unspecified atom stereocenters. The summed E-state index contributed by atoms with van der Waals surface area (Å²) in [6.45, 7) is 1.41. The van der Waals surface area contributed by atoms with Crippen LogP contribution in [0.5, 0.6) is 0 Å². The molecule has 8 heteroatoms. The molecular weight excluding hydrogens is 467 g/mol. The third-order valence-electron chi connectivity index (χ3n) is 5.67. The van der Waals surface area contributed by atoms with Gasteiger partial charge in [0.1, 0.15) is 23.5 Å². The fourth-order valence-corrected chi connectivity index (χ4v) is 5.32. The summed E-state index contributed by atoms with van der Waals surface area (Å²) in [7, 11) is -4.14. The van der Waals surface area contributed by atoms with E-state index in [0.717, 1.165) is 38.4 Å². The topological polar surface area (TPSA) is 79.6 Å². The number of para-hydroxylation sites is 1. The summed E-state index contributed by atoms with van der Waals surface area (Å²) >= 11 is 0. The number of anilines is 2. The highest BCUT2D eigenvalue weighted by atomic mass is 32.2. The number of hydrogen-bond donors (Lipinski definition) is 1. The van der Waals surface area contributed by atoms with Gasteiger partial charge in [0.15, 0.2) is 0 Å². The molecule has 1 N–H and O–H groups in total. The van der Waals surface area contributed by atoms with Gasteiger partial charge in [0.05, 0.1) is 10.6 Å². The Morgan fingerprint density at radius 3 is 2.31 bits per heavy atom. The minimum atomic E-state index is -4.14. The third-order valence-corrected chi connectivity index (χ3v) is 7.46. The molecule has 0 aliphatic rings. The lowest BCUT2D eigenvalue weighted by Gasteiger charge is -2.24. The molecule has 0 saturated heterocycles. The molecule has 0 atom stereocenters. The van der Waals surface area contributed by atoms with Crippen LogP contribution < -0.4 is 9.62 Å². The van der Waals surface area contributed by atoms with Gasteiger partial charge < -0.3 is 9.73 Å². The molecule has 0 fully saturated rings. The first-order valence-electron chi connectivity index (χ1n) is 10.9. The maximum atomic E-state index is 13.4. The first-order valence-corrected chi connectivity index (χ1v) is 12.3. The molecule has 1 aromatic heterocycles. The van der Waals surface area contributed by atoms with Gasteiger partial charge in [-0.25, -0.2) is 12.8 Å². The Hall–Kier alpha value is -4.17. The van der Waals surface area contributed by atoms with Crippen LogP contribution in [0.4, 0.5) is 15.8 Å². The average molecular weight is 489 g/mol. The predicted octanol–water partition coefficient (Wildman–Crippen LogP) is 5.87. The third kappa shape index (κ3) is 4.48. The fraction of sp³-hybridized carbons (Fsp3) is 0.0741. The van der Waals surface area contributed by atoms with E-state index in [1.165, 1.54) is 12.1 Å². The van der Waals surface area contributed by atoms with Crippen LogP contribution in [0.25, 0.3) is 21.9 Å². The number of halogens is 1. The van der Waals surface area contributed by atoms with Crippen molar-refractivity contribution < 1.29 is 22.0 Å². The van der Waals surface area contributed by atoms with Crippen LogP contribution in [-0.2, 0) is 14.8 Å². The van der Waals surface area contributed by atoms with Crippen molar-refractivity contribution in [2.24, 2.45) is 0 Å². The van der Waals surface area contributed by atoms with E-state index in [1.54, 1.807) is 36.4 Å². The second-order valence-corrected chi connectivity index (χ2v) is 10.0. The van der Waals surface area contributed by atoms with Crippen molar-refractivity contribution >= 4 is 49.2 Å². The number of furan rings is 1. The molecular formula is C27H21FN2O4S. The van der Waals surface area contributed by atoms with Crippen LogP contribution in [0.15, 0.2) is 100 Å². The number of hydrogen-bond acceptors (Lipinski definition) is 4. The van der Waals surface area contributed by atoms with E-state index in [1.807, 2.05) is 37.3 Å². The number of nitrogens with one attached hydrogen (secondary N) is 1. The minimum Gasteiger partial charge on any atom is -0.456 e. The lowest BCUT2D eigenvalue weighted by atomic mass is 10.1. The quantitative estimate of drug-likeness (QED) is 0.324. The van der Waals surface area contributed by atoms with Gasteiger partial charge in [-0.15, -0.1) is 0 Å². The van der Waals surface area contributed by atoms with Gasteiger partial charge in [0, 0.05) is 22.5 Å². The zero-order chi connectivity index (χ0) is 24.6. The SMILES string of the molecule is Cc1ccc(N(CC(=O)Nc2ccc3c(c2)oc2ccccc23)S(=O)(=O)c2ccc(F)cc2)cc1. The van der Waals surface area contributed by atoms with E-state index in [-0.39, 0.29) is 4.90 Å². The lowest BCUT2D eigenvalue weighted by Crippen LogP contribution is -2.38. The zero-order valence-corrected chi connectivity index (χ0v) is 19.6. The van der Waals surface area contributed by atoms with E-state index >= 15 is 0 Å². The molecule has 6 nitrogen and oxygen atoms in total. The molecule has 1 heterocycles. The molecule has 176 valence electrons. The van der Waals surface area contributed by atoms with Gasteiger partial charge in [-0.3, -0.25) is 9.10 Å². The number of sulfonamides is 1. The maximum absolute atomic E-state index is 13.4.